The molecule has 1 N–H and O–H groups in total. The number of benzene rings is 3. The van der Waals surface area contributed by atoms with E-state index in [1.165, 1.54) is 0 Å². The van der Waals surface area contributed by atoms with Crippen molar-refractivity contribution in [2.75, 3.05) is 0 Å². The van der Waals surface area contributed by atoms with E-state index in [4.69, 9.17) is 20.9 Å². The number of fused-ring (bicyclic) bond motifs is 1. The molecule has 4 rings (SSSR count). The number of carbonyl (C=O) groups is 1. The van der Waals surface area contributed by atoms with Gasteiger partial charge in [0.05, 0.1) is 11.6 Å². The van der Waals surface area contributed by atoms with Crippen molar-refractivity contribution >= 4 is 28.3 Å². The zero-order valence-electron chi connectivity index (χ0n) is 15.6. The normalized spacial score (nSPS) is 11.9. The van der Waals surface area contributed by atoms with Gasteiger partial charge >= 0.3 is 0 Å². The Hall–Kier alpha value is -3.38. The molecule has 29 heavy (non-hydrogen) atoms. The van der Waals surface area contributed by atoms with E-state index in [1.54, 1.807) is 19.1 Å². The Kier molecular flexibility index (Phi) is 5.44. The second-order valence-corrected chi connectivity index (χ2v) is 6.85. The van der Waals surface area contributed by atoms with Crippen molar-refractivity contribution in [3.05, 3.63) is 77.6 Å². The maximum atomic E-state index is 12.4. The van der Waals surface area contributed by atoms with E-state index in [9.17, 15) is 4.79 Å². The lowest BCUT2D eigenvalue weighted by molar-refractivity contribution is -0.127. The molecule has 3 aromatic carbocycles. The van der Waals surface area contributed by atoms with Gasteiger partial charge in [-0.2, -0.15) is 4.98 Å². The number of nitrogens with zero attached hydrogens (tertiary/aromatic N) is 2. The molecule has 6 nitrogen and oxygen atoms in total. The van der Waals surface area contributed by atoms with Crippen LogP contribution in [0.2, 0.25) is 5.02 Å². The molecular formula is C22H18ClN3O3. The van der Waals surface area contributed by atoms with Crippen LogP contribution in [-0.4, -0.2) is 22.2 Å². The molecule has 1 amide bonds. The van der Waals surface area contributed by atoms with Gasteiger partial charge < -0.3 is 14.6 Å². The summed E-state index contributed by atoms with van der Waals surface area (Å²) in [6.07, 6.45) is -0.688. The van der Waals surface area contributed by atoms with Crippen LogP contribution in [0.1, 0.15) is 12.8 Å². The Balaban J connectivity index is 1.39. The standard InChI is InChI=1S/C22H18ClN3O3/c1-14(28-19-12-6-8-15-7-2-3-9-16(15)19)22(27)24-13-20-25-21(26-29-20)17-10-4-5-11-18(17)23/h2-12,14H,13H2,1H3,(H,24,27)/t14-/m0/s1. The molecule has 0 radical (unpaired) electrons. The van der Waals surface area contributed by atoms with Crippen LogP contribution in [-0.2, 0) is 11.3 Å². The minimum absolute atomic E-state index is 0.0967. The van der Waals surface area contributed by atoms with Crippen molar-refractivity contribution in [3.8, 4) is 17.1 Å². The first-order valence-corrected chi connectivity index (χ1v) is 9.49. The van der Waals surface area contributed by atoms with Gasteiger partial charge in [0, 0.05) is 10.9 Å². The summed E-state index contributed by atoms with van der Waals surface area (Å²) in [4.78, 5) is 16.7. The van der Waals surface area contributed by atoms with Crippen molar-refractivity contribution in [1.82, 2.24) is 15.5 Å². The highest BCUT2D eigenvalue weighted by molar-refractivity contribution is 6.33. The van der Waals surface area contributed by atoms with Crippen LogP contribution in [0.3, 0.4) is 0 Å². The highest BCUT2D eigenvalue weighted by Crippen LogP contribution is 2.26. The Morgan fingerprint density at radius 2 is 1.86 bits per heavy atom. The number of hydrogen-bond donors (Lipinski definition) is 1. The van der Waals surface area contributed by atoms with Crippen LogP contribution in [0.15, 0.2) is 71.3 Å². The van der Waals surface area contributed by atoms with E-state index in [-0.39, 0.29) is 18.3 Å². The number of halogens is 1. The van der Waals surface area contributed by atoms with E-state index in [0.29, 0.717) is 22.2 Å². The zero-order valence-corrected chi connectivity index (χ0v) is 16.4. The molecule has 0 aliphatic heterocycles. The predicted molar refractivity (Wildman–Crippen MR) is 111 cm³/mol. The number of nitrogens with one attached hydrogen (secondary N) is 1. The number of hydrogen-bond acceptors (Lipinski definition) is 5. The molecule has 0 unspecified atom stereocenters. The minimum atomic E-state index is -0.688. The third-order valence-corrected chi connectivity index (χ3v) is 4.75. The smallest absolute Gasteiger partial charge is 0.261 e. The van der Waals surface area contributed by atoms with Crippen molar-refractivity contribution < 1.29 is 14.1 Å². The van der Waals surface area contributed by atoms with Crippen LogP contribution in [0.4, 0.5) is 0 Å². The Morgan fingerprint density at radius 3 is 2.72 bits per heavy atom. The largest absolute Gasteiger partial charge is 0.480 e. The molecule has 0 aliphatic carbocycles. The Labute approximate surface area is 172 Å². The molecule has 146 valence electrons. The molecule has 0 saturated heterocycles. The van der Waals surface area contributed by atoms with Crippen molar-refractivity contribution in [2.45, 2.75) is 19.6 Å². The molecule has 0 spiro atoms. The van der Waals surface area contributed by atoms with E-state index in [2.05, 4.69) is 15.5 Å². The van der Waals surface area contributed by atoms with Gasteiger partial charge in [0.2, 0.25) is 11.7 Å². The maximum Gasteiger partial charge on any atom is 0.261 e. The fourth-order valence-corrected chi connectivity index (χ4v) is 3.15. The topological polar surface area (TPSA) is 77.2 Å². The maximum absolute atomic E-state index is 12.4. The molecule has 0 bridgehead atoms. The number of amides is 1. The quantitative estimate of drug-likeness (QED) is 0.504. The lowest BCUT2D eigenvalue weighted by Crippen LogP contribution is -2.36. The van der Waals surface area contributed by atoms with Gasteiger partial charge in [0.1, 0.15) is 5.75 Å². The molecule has 0 saturated carbocycles. The Morgan fingerprint density at radius 1 is 1.10 bits per heavy atom. The van der Waals surface area contributed by atoms with Gasteiger partial charge in [-0.15, -0.1) is 0 Å². The van der Waals surface area contributed by atoms with Crippen LogP contribution in [0.25, 0.3) is 22.2 Å². The third kappa shape index (κ3) is 4.22. The highest BCUT2D eigenvalue weighted by Gasteiger charge is 2.17. The minimum Gasteiger partial charge on any atom is -0.480 e. The second-order valence-electron chi connectivity index (χ2n) is 6.45. The summed E-state index contributed by atoms with van der Waals surface area (Å²) in [5.74, 6) is 1.03. The van der Waals surface area contributed by atoms with Crippen molar-refractivity contribution in [3.63, 3.8) is 0 Å². The van der Waals surface area contributed by atoms with Gasteiger partial charge in [-0.25, -0.2) is 0 Å². The summed E-state index contributed by atoms with van der Waals surface area (Å²) in [5.41, 5.74) is 0.670. The van der Waals surface area contributed by atoms with Gasteiger partial charge in [0.25, 0.3) is 5.91 Å². The first kappa shape index (κ1) is 19.0. The molecule has 4 aromatic rings. The summed E-state index contributed by atoms with van der Waals surface area (Å²) < 4.78 is 11.1. The summed E-state index contributed by atoms with van der Waals surface area (Å²) >= 11 is 6.15. The van der Waals surface area contributed by atoms with Gasteiger partial charge in [0.15, 0.2) is 6.10 Å². The van der Waals surface area contributed by atoms with Crippen LogP contribution < -0.4 is 10.1 Å². The van der Waals surface area contributed by atoms with E-state index in [0.717, 1.165) is 10.8 Å². The van der Waals surface area contributed by atoms with Crippen LogP contribution in [0, 0.1) is 0 Å². The van der Waals surface area contributed by atoms with E-state index >= 15 is 0 Å². The van der Waals surface area contributed by atoms with Crippen LogP contribution >= 0.6 is 11.6 Å². The number of aromatic nitrogens is 2. The number of ether oxygens (including phenoxy) is 1. The SMILES string of the molecule is C[C@H](Oc1cccc2ccccc12)C(=O)NCc1nc(-c2ccccc2Cl)no1. The van der Waals surface area contributed by atoms with Crippen molar-refractivity contribution in [2.24, 2.45) is 0 Å². The lowest BCUT2D eigenvalue weighted by Gasteiger charge is -2.15. The monoisotopic (exact) mass is 407 g/mol. The fraction of sp³-hybridized carbons (Fsp3) is 0.136. The first-order chi connectivity index (χ1) is 14.1. The average Bonchev–Trinajstić information content (AvgIpc) is 3.21. The fourth-order valence-electron chi connectivity index (χ4n) is 2.93. The molecular weight excluding hydrogens is 390 g/mol. The second kappa shape index (κ2) is 8.32. The number of rotatable bonds is 6. The third-order valence-electron chi connectivity index (χ3n) is 4.42. The Bertz CT molecular complexity index is 1150. The molecule has 7 heteroatoms. The first-order valence-electron chi connectivity index (χ1n) is 9.11. The van der Waals surface area contributed by atoms with Crippen molar-refractivity contribution in [1.29, 1.82) is 0 Å². The lowest BCUT2D eigenvalue weighted by atomic mass is 10.1. The molecule has 0 aliphatic rings. The summed E-state index contributed by atoms with van der Waals surface area (Å²) in [6.45, 7) is 1.79. The molecule has 1 heterocycles. The predicted octanol–water partition coefficient (Wildman–Crippen LogP) is 4.63. The van der Waals surface area contributed by atoms with Gasteiger partial charge in [-0.05, 0) is 30.5 Å². The van der Waals surface area contributed by atoms with E-state index < -0.39 is 6.10 Å². The van der Waals surface area contributed by atoms with Gasteiger partial charge in [-0.1, -0.05) is 65.3 Å². The van der Waals surface area contributed by atoms with E-state index in [1.807, 2.05) is 54.6 Å². The molecule has 1 aromatic heterocycles. The summed E-state index contributed by atoms with van der Waals surface area (Å²) in [6, 6.07) is 20.8. The number of carbonyl (C=O) groups excluding carboxylic acids is 1. The highest BCUT2D eigenvalue weighted by atomic mass is 35.5. The van der Waals surface area contributed by atoms with Gasteiger partial charge in [-0.3, -0.25) is 4.79 Å². The molecule has 0 fully saturated rings. The molecule has 1 atom stereocenters. The summed E-state index contributed by atoms with van der Waals surface area (Å²) in [7, 11) is 0. The summed E-state index contributed by atoms with van der Waals surface area (Å²) in [5, 5.41) is 9.21. The van der Waals surface area contributed by atoms with Crippen LogP contribution in [0.5, 0.6) is 5.75 Å². The zero-order chi connectivity index (χ0) is 20.2. The average molecular weight is 408 g/mol.